The molecule has 0 saturated carbocycles. The van der Waals surface area contributed by atoms with E-state index in [0.717, 1.165) is 0 Å². The van der Waals surface area contributed by atoms with Crippen LogP contribution >= 0.6 is 0 Å². The Morgan fingerprint density at radius 1 is 0.600 bits per heavy atom. The average Bonchev–Trinajstić information content (AvgIpc) is 2.14. The van der Waals surface area contributed by atoms with E-state index in [1.807, 2.05) is 0 Å². The Labute approximate surface area is 102 Å². The molecule has 0 bridgehead atoms. The quantitative estimate of drug-likeness (QED) is 0.350. The average molecular weight is 319 g/mol. The molecule has 0 aliphatic heterocycles. The van der Waals surface area contributed by atoms with Gasteiger partial charge in [0, 0.05) is 0 Å². The Morgan fingerprint density at radius 2 is 1.00 bits per heavy atom. The van der Waals surface area contributed by atoms with Crippen LogP contribution in [-0.4, -0.2) is 18.4 Å². The number of rotatable bonds is 10. The summed E-state index contributed by atoms with van der Waals surface area (Å²) in [6.07, 6.45) is 13.3. The molecule has 0 nitrogen and oxygen atoms in total. The van der Waals surface area contributed by atoms with Gasteiger partial charge in [-0.05, 0) is 0 Å². The Bertz CT molecular complexity index is 124. The zero-order chi connectivity index (χ0) is 11.6. The first-order chi connectivity index (χ1) is 7.06. The van der Waals surface area contributed by atoms with Crippen LogP contribution in [0.15, 0.2) is 0 Å². The van der Waals surface area contributed by atoms with Crippen LogP contribution in [0.1, 0.15) is 64.7 Å². The van der Waals surface area contributed by atoms with E-state index in [9.17, 15) is 0 Å². The predicted molar refractivity (Wildman–Crippen MR) is 75.4 cm³/mol. The fraction of sp³-hybridized carbons (Fsp3) is 1.00. The van der Waals surface area contributed by atoms with Gasteiger partial charge in [0.25, 0.3) is 0 Å². The van der Waals surface area contributed by atoms with Crippen molar-refractivity contribution < 1.29 is 0 Å². The van der Waals surface area contributed by atoms with Gasteiger partial charge in [-0.2, -0.15) is 0 Å². The molecule has 0 unspecified atom stereocenters. The molecule has 15 heavy (non-hydrogen) atoms. The molecule has 0 N–H and O–H groups in total. The molecule has 0 aromatic heterocycles. The summed E-state index contributed by atoms with van der Waals surface area (Å²) in [6, 6.07) is 0. The van der Waals surface area contributed by atoms with Crippen LogP contribution in [0.2, 0.25) is 19.3 Å². The van der Waals surface area contributed by atoms with Crippen LogP contribution in [0, 0.1) is 0 Å². The normalized spacial score (nSPS) is 12.0. The van der Waals surface area contributed by atoms with Crippen LogP contribution in [0.4, 0.5) is 0 Å². The van der Waals surface area contributed by atoms with Crippen molar-refractivity contribution >= 4 is 18.4 Å². The molecule has 0 rings (SSSR count). The number of unbranched alkanes of at least 4 members (excludes halogenated alkanes) is 8. The molecule has 0 aliphatic rings. The molecular weight excluding hydrogens is 287 g/mol. The predicted octanol–water partition coefficient (Wildman–Crippen LogP) is 5.86. The number of hydrogen-bond donors (Lipinski definition) is 0. The zero-order valence-electron chi connectivity index (χ0n) is 11.6. The van der Waals surface area contributed by atoms with Crippen molar-refractivity contribution in [2.24, 2.45) is 0 Å². The van der Waals surface area contributed by atoms with Gasteiger partial charge >= 0.3 is 102 Å². The van der Waals surface area contributed by atoms with E-state index in [1.54, 1.807) is 4.44 Å². The maximum atomic E-state index is 2.55. The molecule has 0 aromatic rings. The standard InChI is InChI=1S/C11H23.3CH3.Sn/c1-3-5-7-9-11-10-8-6-4-2;;;;/h1,3-11H2,2H3;3*1H3;. The Kier molecular flexibility index (Phi) is 10.5. The fourth-order valence-corrected chi connectivity index (χ4v) is 5.71. The second kappa shape index (κ2) is 9.99. The zero-order valence-corrected chi connectivity index (χ0v) is 14.4. The van der Waals surface area contributed by atoms with Crippen LogP contribution in [0.5, 0.6) is 0 Å². The third-order valence-corrected chi connectivity index (χ3v) is 8.32. The van der Waals surface area contributed by atoms with Gasteiger partial charge in [0.1, 0.15) is 0 Å². The summed E-state index contributed by atoms with van der Waals surface area (Å²) in [5.41, 5.74) is 0. The van der Waals surface area contributed by atoms with Gasteiger partial charge in [-0.25, -0.2) is 0 Å². The van der Waals surface area contributed by atoms with Gasteiger partial charge < -0.3 is 0 Å². The van der Waals surface area contributed by atoms with Crippen molar-refractivity contribution in [2.45, 2.75) is 84.0 Å². The van der Waals surface area contributed by atoms with E-state index in [-0.39, 0.29) is 0 Å². The van der Waals surface area contributed by atoms with Crippen LogP contribution in [0.25, 0.3) is 0 Å². The van der Waals surface area contributed by atoms with E-state index >= 15 is 0 Å². The summed E-state index contributed by atoms with van der Waals surface area (Å²) >= 11 is -1.40. The second-order valence-electron chi connectivity index (χ2n) is 6.14. The summed E-state index contributed by atoms with van der Waals surface area (Å²) in [7, 11) is 0. The molecule has 0 amide bonds. The van der Waals surface area contributed by atoms with E-state index in [1.165, 1.54) is 57.8 Å². The first-order valence-corrected chi connectivity index (χ1v) is 17.6. The molecule has 0 atom stereocenters. The molecular formula is C14H32Sn. The van der Waals surface area contributed by atoms with Gasteiger partial charge in [0.05, 0.1) is 0 Å². The summed E-state index contributed by atoms with van der Waals surface area (Å²) in [5.74, 6) is 0. The Morgan fingerprint density at radius 3 is 1.40 bits per heavy atom. The SMILES string of the molecule is CCCCCCCCCC[CH2][Sn]([CH3])([CH3])[CH3]. The van der Waals surface area contributed by atoms with Crippen molar-refractivity contribution in [3.05, 3.63) is 0 Å². The fourth-order valence-electron chi connectivity index (χ4n) is 1.97. The first kappa shape index (κ1) is 15.8. The summed E-state index contributed by atoms with van der Waals surface area (Å²) in [6.45, 7) is 2.29. The second-order valence-corrected chi connectivity index (χ2v) is 22.2. The molecule has 0 spiro atoms. The Hall–Kier alpha value is 0.799. The molecule has 92 valence electrons. The van der Waals surface area contributed by atoms with Crippen molar-refractivity contribution in [1.29, 1.82) is 0 Å². The summed E-state index contributed by atoms with van der Waals surface area (Å²) < 4.78 is 1.60. The topological polar surface area (TPSA) is 0 Å². The molecule has 1 heteroatoms. The van der Waals surface area contributed by atoms with E-state index < -0.39 is 18.4 Å². The van der Waals surface area contributed by atoms with Crippen molar-refractivity contribution in [3.63, 3.8) is 0 Å². The molecule has 0 saturated heterocycles. The van der Waals surface area contributed by atoms with Crippen molar-refractivity contribution in [2.75, 3.05) is 0 Å². The van der Waals surface area contributed by atoms with Crippen LogP contribution in [-0.2, 0) is 0 Å². The number of hydrogen-bond acceptors (Lipinski definition) is 0. The molecule has 0 aromatic carbocycles. The molecule has 0 radical (unpaired) electrons. The summed E-state index contributed by atoms with van der Waals surface area (Å²) in [4.78, 5) is 7.66. The monoisotopic (exact) mass is 320 g/mol. The molecule has 0 fully saturated rings. The first-order valence-electron chi connectivity index (χ1n) is 7.06. The molecule has 0 aliphatic carbocycles. The Balaban J connectivity index is 2.99. The van der Waals surface area contributed by atoms with Crippen LogP contribution < -0.4 is 0 Å². The third kappa shape index (κ3) is 14.8. The maximum absolute atomic E-state index is 2.55. The van der Waals surface area contributed by atoms with Gasteiger partial charge in [-0.15, -0.1) is 0 Å². The van der Waals surface area contributed by atoms with Crippen molar-refractivity contribution in [1.82, 2.24) is 0 Å². The van der Waals surface area contributed by atoms with Crippen LogP contribution in [0.3, 0.4) is 0 Å². The summed E-state index contributed by atoms with van der Waals surface area (Å²) in [5, 5.41) is 0. The minimum atomic E-state index is -1.40. The van der Waals surface area contributed by atoms with Gasteiger partial charge in [0.15, 0.2) is 0 Å². The minimum absolute atomic E-state index is 1.37. The van der Waals surface area contributed by atoms with E-state index in [0.29, 0.717) is 0 Å². The third-order valence-electron chi connectivity index (χ3n) is 3.03. The van der Waals surface area contributed by atoms with E-state index in [4.69, 9.17) is 0 Å². The van der Waals surface area contributed by atoms with E-state index in [2.05, 4.69) is 21.7 Å². The van der Waals surface area contributed by atoms with Gasteiger partial charge in [0.2, 0.25) is 0 Å². The van der Waals surface area contributed by atoms with Gasteiger partial charge in [-0.3, -0.25) is 0 Å². The van der Waals surface area contributed by atoms with Crippen molar-refractivity contribution in [3.8, 4) is 0 Å². The van der Waals surface area contributed by atoms with Gasteiger partial charge in [-0.1, -0.05) is 0 Å². The molecule has 0 heterocycles.